The first-order valence-electron chi connectivity index (χ1n) is 9.57. The van der Waals surface area contributed by atoms with Gasteiger partial charge in [-0.2, -0.15) is 0 Å². The van der Waals surface area contributed by atoms with Crippen molar-refractivity contribution in [3.63, 3.8) is 0 Å². The normalized spacial score (nSPS) is 18.1. The number of hydrogen-bond acceptors (Lipinski definition) is 3. The topological polar surface area (TPSA) is 57.6 Å². The summed E-state index contributed by atoms with van der Waals surface area (Å²) in [4.78, 5) is 27.6. The molecule has 1 amide bonds. The third-order valence-electron chi connectivity index (χ3n) is 5.27. The lowest BCUT2D eigenvalue weighted by atomic mass is 9.95. The van der Waals surface area contributed by atoms with Gasteiger partial charge in [0.2, 0.25) is 0 Å². The maximum absolute atomic E-state index is 13.1. The molecular weight excluding hydrogens is 442 g/mol. The van der Waals surface area contributed by atoms with Crippen molar-refractivity contribution >= 4 is 39.1 Å². The molecule has 0 saturated carbocycles. The first-order chi connectivity index (χ1) is 14.4. The Hall–Kier alpha value is -3.18. The molecule has 1 fully saturated rings. The highest BCUT2D eigenvalue weighted by Crippen LogP contribution is 2.42. The van der Waals surface area contributed by atoms with Crippen LogP contribution in [-0.4, -0.2) is 16.8 Å². The van der Waals surface area contributed by atoms with Crippen LogP contribution in [0, 0.1) is 13.8 Å². The highest BCUT2D eigenvalue weighted by Gasteiger charge is 2.46. The van der Waals surface area contributed by atoms with Crippen LogP contribution >= 0.6 is 15.9 Å². The van der Waals surface area contributed by atoms with E-state index >= 15 is 0 Å². The van der Waals surface area contributed by atoms with E-state index in [4.69, 9.17) is 0 Å². The number of hydrogen-bond donors (Lipinski definition) is 1. The molecule has 1 saturated heterocycles. The molecule has 1 atom stereocenters. The van der Waals surface area contributed by atoms with Crippen LogP contribution in [0.2, 0.25) is 0 Å². The summed E-state index contributed by atoms with van der Waals surface area (Å²) in [5.41, 5.74) is 4.04. The summed E-state index contributed by atoms with van der Waals surface area (Å²) in [6, 6.07) is 21.4. The molecule has 0 bridgehead atoms. The van der Waals surface area contributed by atoms with Crippen molar-refractivity contribution in [2.75, 3.05) is 4.90 Å². The van der Waals surface area contributed by atoms with Crippen molar-refractivity contribution in [2.24, 2.45) is 0 Å². The number of carbonyl (C=O) groups excluding carboxylic acids is 2. The molecule has 3 aromatic carbocycles. The first kappa shape index (κ1) is 20.1. The molecule has 150 valence electrons. The van der Waals surface area contributed by atoms with Gasteiger partial charge in [0.1, 0.15) is 5.76 Å². The number of carbonyl (C=O) groups is 2. The summed E-state index contributed by atoms with van der Waals surface area (Å²) in [6.45, 7) is 3.91. The van der Waals surface area contributed by atoms with E-state index in [2.05, 4.69) is 15.9 Å². The molecule has 1 aliphatic heterocycles. The van der Waals surface area contributed by atoms with Gasteiger partial charge in [-0.05, 0) is 43.7 Å². The molecule has 0 radical (unpaired) electrons. The van der Waals surface area contributed by atoms with E-state index in [-0.39, 0.29) is 11.3 Å². The predicted octanol–water partition coefficient (Wildman–Crippen LogP) is 5.69. The second kappa shape index (κ2) is 7.92. The minimum absolute atomic E-state index is 0.0896. The number of Topliss-reactive ketones (excluding diaryl/α,β-unsaturated/α-hetero) is 1. The smallest absolute Gasteiger partial charge is 0.300 e. The molecule has 1 unspecified atom stereocenters. The summed E-state index contributed by atoms with van der Waals surface area (Å²) in [5, 5.41) is 11.1. The largest absolute Gasteiger partial charge is 0.507 e. The Morgan fingerprint density at radius 2 is 1.37 bits per heavy atom. The minimum Gasteiger partial charge on any atom is -0.507 e. The lowest BCUT2D eigenvalue weighted by Gasteiger charge is -2.25. The monoisotopic (exact) mass is 461 g/mol. The molecule has 0 aliphatic carbocycles. The van der Waals surface area contributed by atoms with Gasteiger partial charge in [0.15, 0.2) is 0 Å². The van der Waals surface area contributed by atoms with Gasteiger partial charge in [-0.25, -0.2) is 0 Å². The van der Waals surface area contributed by atoms with E-state index in [0.717, 1.165) is 21.2 Å². The summed E-state index contributed by atoms with van der Waals surface area (Å²) in [6.07, 6.45) is 0. The van der Waals surface area contributed by atoms with Crippen LogP contribution in [0.1, 0.15) is 28.3 Å². The zero-order chi connectivity index (χ0) is 21.4. The fourth-order valence-corrected chi connectivity index (χ4v) is 3.90. The van der Waals surface area contributed by atoms with Crippen molar-refractivity contribution in [1.82, 2.24) is 0 Å². The highest BCUT2D eigenvalue weighted by molar-refractivity contribution is 9.10. The summed E-state index contributed by atoms with van der Waals surface area (Å²) in [7, 11) is 0. The lowest BCUT2D eigenvalue weighted by Crippen LogP contribution is -2.29. The third kappa shape index (κ3) is 3.57. The molecule has 1 N–H and O–H groups in total. The Bertz CT molecular complexity index is 1150. The van der Waals surface area contributed by atoms with Crippen LogP contribution in [-0.2, 0) is 9.59 Å². The molecule has 1 aliphatic rings. The quantitative estimate of drug-likeness (QED) is 0.309. The Labute approximate surface area is 183 Å². The van der Waals surface area contributed by atoms with E-state index < -0.39 is 17.7 Å². The van der Waals surface area contributed by atoms with Crippen LogP contribution in [0.5, 0.6) is 0 Å². The zero-order valence-electron chi connectivity index (χ0n) is 16.6. The zero-order valence-corrected chi connectivity index (χ0v) is 18.2. The molecule has 0 spiro atoms. The van der Waals surface area contributed by atoms with Crippen molar-refractivity contribution in [1.29, 1.82) is 0 Å². The van der Waals surface area contributed by atoms with Crippen LogP contribution in [0.4, 0.5) is 5.69 Å². The number of amides is 1. The van der Waals surface area contributed by atoms with E-state index in [9.17, 15) is 14.7 Å². The number of nitrogens with zero attached hydrogens (tertiary/aromatic N) is 1. The van der Waals surface area contributed by atoms with Gasteiger partial charge in [0.25, 0.3) is 11.7 Å². The molecule has 4 nitrogen and oxygen atoms in total. The molecule has 30 heavy (non-hydrogen) atoms. The number of aliphatic hydroxyl groups excluding tert-OH is 1. The van der Waals surface area contributed by atoms with Crippen LogP contribution < -0.4 is 4.90 Å². The number of ketones is 1. The SMILES string of the molecule is Cc1ccc(/C(O)=C2\C(=O)C(=O)N(c3ccc(C)cc3)C2c2ccc(Br)cc2)cc1. The Morgan fingerprint density at radius 3 is 1.93 bits per heavy atom. The average Bonchev–Trinajstić information content (AvgIpc) is 3.00. The Kier molecular flexibility index (Phi) is 5.31. The second-order valence-corrected chi connectivity index (χ2v) is 8.34. The average molecular weight is 462 g/mol. The fourth-order valence-electron chi connectivity index (χ4n) is 3.63. The van der Waals surface area contributed by atoms with Crippen molar-refractivity contribution in [2.45, 2.75) is 19.9 Å². The number of anilines is 1. The van der Waals surface area contributed by atoms with Crippen LogP contribution in [0.25, 0.3) is 5.76 Å². The summed E-state index contributed by atoms with van der Waals surface area (Å²) >= 11 is 3.42. The summed E-state index contributed by atoms with van der Waals surface area (Å²) < 4.78 is 0.886. The molecule has 1 heterocycles. The van der Waals surface area contributed by atoms with Crippen molar-refractivity contribution in [3.05, 3.63) is 105 Å². The van der Waals surface area contributed by atoms with Gasteiger partial charge >= 0.3 is 0 Å². The lowest BCUT2D eigenvalue weighted by molar-refractivity contribution is -0.132. The fraction of sp³-hybridized carbons (Fsp3) is 0.120. The molecule has 5 heteroatoms. The van der Waals surface area contributed by atoms with Crippen LogP contribution in [0.15, 0.2) is 82.8 Å². The minimum atomic E-state index is -0.720. The standard InChI is InChI=1S/C25H20BrNO3/c1-15-3-7-18(8-4-15)23(28)21-22(17-9-11-19(26)12-10-17)27(25(30)24(21)29)20-13-5-16(2)6-14-20/h3-14,22,28H,1-2H3/b23-21+. The van der Waals surface area contributed by atoms with Gasteiger partial charge in [-0.15, -0.1) is 0 Å². The van der Waals surface area contributed by atoms with Crippen molar-refractivity contribution < 1.29 is 14.7 Å². The number of halogens is 1. The Balaban J connectivity index is 1.93. The summed E-state index contributed by atoms with van der Waals surface area (Å²) in [5.74, 6) is -1.52. The van der Waals surface area contributed by atoms with E-state index in [1.807, 2.05) is 74.5 Å². The molecule has 0 aromatic heterocycles. The molecule has 3 aromatic rings. The van der Waals surface area contributed by atoms with Gasteiger partial charge in [0.05, 0.1) is 11.6 Å². The highest BCUT2D eigenvalue weighted by atomic mass is 79.9. The molecular formula is C25H20BrNO3. The van der Waals surface area contributed by atoms with E-state index in [1.54, 1.807) is 12.1 Å². The van der Waals surface area contributed by atoms with E-state index in [1.165, 1.54) is 4.90 Å². The second-order valence-electron chi connectivity index (χ2n) is 7.42. The molecule has 4 rings (SSSR count). The van der Waals surface area contributed by atoms with Gasteiger partial charge in [-0.3, -0.25) is 14.5 Å². The van der Waals surface area contributed by atoms with Gasteiger partial charge in [-0.1, -0.05) is 75.6 Å². The number of aryl methyl sites for hydroxylation is 2. The van der Waals surface area contributed by atoms with E-state index in [0.29, 0.717) is 11.3 Å². The van der Waals surface area contributed by atoms with Gasteiger partial charge in [0, 0.05) is 15.7 Å². The number of benzene rings is 3. The first-order valence-corrected chi connectivity index (χ1v) is 10.4. The van der Waals surface area contributed by atoms with Gasteiger partial charge < -0.3 is 5.11 Å². The Morgan fingerprint density at radius 1 is 0.833 bits per heavy atom. The third-order valence-corrected chi connectivity index (χ3v) is 5.80. The van der Waals surface area contributed by atoms with Crippen molar-refractivity contribution in [3.8, 4) is 0 Å². The van der Waals surface area contributed by atoms with Crippen LogP contribution in [0.3, 0.4) is 0 Å². The predicted molar refractivity (Wildman–Crippen MR) is 121 cm³/mol. The number of rotatable bonds is 3. The maximum Gasteiger partial charge on any atom is 0.300 e. The number of aliphatic hydroxyl groups is 1. The maximum atomic E-state index is 13.1.